The van der Waals surface area contributed by atoms with E-state index in [1.54, 1.807) is 31.2 Å². The number of carbonyl (C=O) groups is 2. The van der Waals surface area contributed by atoms with E-state index in [1.807, 2.05) is 0 Å². The molecule has 33 heavy (non-hydrogen) atoms. The summed E-state index contributed by atoms with van der Waals surface area (Å²) >= 11 is 0. The molecule has 166 valence electrons. The van der Waals surface area contributed by atoms with Crippen molar-refractivity contribution in [3.63, 3.8) is 0 Å². The fourth-order valence-corrected chi connectivity index (χ4v) is 3.22. The van der Waals surface area contributed by atoms with Crippen LogP contribution in [0.25, 0.3) is 16.7 Å². The third kappa shape index (κ3) is 4.57. The fourth-order valence-electron chi connectivity index (χ4n) is 3.22. The van der Waals surface area contributed by atoms with Crippen molar-refractivity contribution in [1.29, 1.82) is 0 Å². The molecule has 0 aliphatic rings. The van der Waals surface area contributed by atoms with Crippen LogP contribution in [-0.2, 0) is 4.74 Å². The summed E-state index contributed by atoms with van der Waals surface area (Å²) in [7, 11) is 0. The van der Waals surface area contributed by atoms with Crippen LogP contribution in [0.4, 0.5) is 14.9 Å². The lowest BCUT2D eigenvalue weighted by atomic mass is 10.2. The van der Waals surface area contributed by atoms with Crippen molar-refractivity contribution in [3.05, 3.63) is 94.7 Å². The van der Waals surface area contributed by atoms with Crippen molar-refractivity contribution >= 4 is 28.8 Å². The third-order valence-corrected chi connectivity index (χ3v) is 4.70. The number of nitrogens with zero attached hydrogens (tertiary/aromatic N) is 2. The monoisotopic (exact) mass is 447 g/mol. The molecule has 2 aromatic heterocycles. The number of amides is 1. The van der Waals surface area contributed by atoms with Crippen molar-refractivity contribution in [2.45, 2.75) is 6.92 Å². The zero-order chi connectivity index (χ0) is 23.4. The van der Waals surface area contributed by atoms with Crippen LogP contribution < -0.4 is 15.5 Å². The minimum Gasteiger partial charge on any atom is -0.462 e. The molecule has 4 rings (SSSR count). The van der Waals surface area contributed by atoms with Crippen LogP contribution in [0.3, 0.4) is 0 Å². The maximum Gasteiger partial charge on any atom is 0.417 e. The van der Waals surface area contributed by atoms with Crippen molar-refractivity contribution in [2.24, 2.45) is 0 Å². The predicted octanol–water partition coefficient (Wildman–Crippen LogP) is 4.31. The molecule has 0 saturated heterocycles. The lowest BCUT2D eigenvalue weighted by Crippen LogP contribution is -2.23. The second-order valence-corrected chi connectivity index (χ2v) is 6.82. The van der Waals surface area contributed by atoms with Gasteiger partial charge in [0.05, 0.1) is 29.4 Å². The summed E-state index contributed by atoms with van der Waals surface area (Å²) in [6, 6.07) is 14.9. The molecule has 0 unspecified atom stereocenters. The summed E-state index contributed by atoms with van der Waals surface area (Å²) < 4.78 is 25.2. The Morgan fingerprint density at radius 3 is 2.58 bits per heavy atom. The molecule has 0 spiro atoms. The van der Waals surface area contributed by atoms with E-state index < -0.39 is 23.3 Å². The first-order valence-electron chi connectivity index (χ1n) is 9.99. The third-order valence-electron chi connectivity index (χ3n) is 4.70. The minimum atomic E-state index is -0.974. The largest absolute Gasteiger partial charge is 0.462 e. The van der Waals surface area contributed by atoms with E-state index in [9.17, 15) is 18.8 Å². The van der Waals surface area contributed by atoms with Gasteiger partial charge in [-0.3, -0.25) is 14.7 Å². The molecule has 2 aromatic carbocycles. The molecule has 8 nitrogen and oxygen atoms in total. The van der Waals surface area contributed by atoms with E-state index >= 15 is 0 Å². The molecule has 4 aromatic rings. The Morgan fingerprint density at radius 1 is 1.06 bits per heavy atom. The van der Waals surface area contributed by atoms with Gasteiger partial charge in [0, 0.05) is 11.9 Å². The molecule has 9 heteroatoms. The Bertz CT molecular complexity index is 1400. The maximum absolute atomic E-state index is 13.4. The minimum absolute atomic E-state index is 0.141. The lowest BCUT2D eigenvalue weighted by Gasteiger charge is -2.14. The molecule has 0 radical (unpaired) electrons. The zero-order valence-electron chi connectivity index (χ0n) is 17.4. The molecule has 1 amide bonds. The van der Waals surface area contributed by atoms with Crippen molar-refractivity contribution in [3.8, 4) is 11.4 Å². The highest BCUT2D eigenvalue weighted by molar-refractivity contribution is 6.00. The first-order chi connectivity index (χ1) is 16.0. The van der Waals surface area contributed by atoms with Gasteiger partial charge in [-0.05, 0) is 55.5 Å². The highest BCUT2D eigenvalue weighted by Gasteiger charge is 2.18. The summed E-state index contributed by atoms with van der Waals surface area (Å²) in [5.41, 5.74) is 0.586. The SMILES string of the molecule is CCOC(=O)c1ccccc1NC(=O)Oc1cn(-c2ccc(F)cc2)c2ncccc2c1=O. The Morgan fingerprint density at radius 2 is 1.82 bits per heavy atom. The van der Waals surface area contributed by atoms with E-state index in [0.29, 0.717) is 11.3 Å². The van der Waals surface area contributed by atoms with E-state index in [4.69, 9.17) is 9.47 Å². The summed E-state index contributed by atoms with van der Waals surface area (Å²) in [6.45, 7) is 1.84. The highest BCUT2D eigenvalue weighted by atomic mass is 19.1. The molecular formula is C24H18FN3O5. The molecule has 0 atom stereocenters. The van der Waals surface area contributed by atoms with Crippen LogP contribution in [0.5, 0.6) is 5.75 Å². The predicted molar refractivity (Wildman–Crippen MR) is 119 cm³/mol. The van der Waals surface area contributed by atoms with Gasteiger partial charge in [-0.15, -0.1) is 0 Å². The number of benzene rings is 2. The van der Waals surface area contributed by atoms with E-state index in [2.05, 4.69) is 10.3 Å². The molecule has 0 aliphatic carbocycles. The van der Waals surface area contributed by atoms with Gasteiger partial charge in [0.25, 0.3) is 0 Å². The zero-order valence-corrected chi connectivity index (χ0v) is 17.4. The molecule has 1 N–H and O–H groups in total. The van der Waals surface area contributed by atoms with Gasteiger partial charge in [-0.25, -0.2) is 19.0 Å². The number of carbonyl (C=O) groups excluding carboxylic acids is 2. The second-order valence-electron chi connectivity index (χ2n) is 6.82. The van der Waals surface area contributed by atoms with Gasteiger partial charge in [0.15, 0.2) is 5.75 Å². The average Bonchev–Trinajstić information content (AvgIpc) is 2.82. The number of ether oxygens (including phenoxy) is 2. The Labute approximate surface area is 187 Å². The number of rotatable bonds is 5. The van der Waals surface area contributed by atoms with E-state index in [0.717, 1.165) is 0 Å². The number of hydrogen-bond donors (Lipinski definition) is 1. The van der Waals surface area contributed by atoms with Crippen LogP contribution in [-0.4, -0.2) is 28.2 Å². The van der Waals surface area contributed by atoms with Gasteiger partial charge in [0.2, 0.25) is 5.43 Å². The normalized spacial score (nSPS) is 10.6. The molecule has 0 aliphatic heterocycles. The van der Waals surface area contributed by atoms with Crippen LogP contribution in [0.2, 0.25) is 0 Å². The standard InChI is InChI=1S/C24H18FN3O5/c1-2-32-23(30)17-6-3-4-8-19(17)27-24(31)33-20-14-28(16-11-9-15(25)10-12-16)22-18(21(20)29)7-5-13-26-22/h3-14H,2H2,1H3,(H,27,31). The van der Waals surface area contributed by atoms with Crippen molar-refractivity contribution in [2.75, 3.05) is 11.9 Å². The first-order valence-corrected chi connectivity index (χ1v) is 9.99. The smallest absolute Gasteiger partial charge is 0.417 e. The van der Waals surface area contributed by atoms with Gasteiger partial charge in [-0.1, -0.05) is 12.1 Å². The highest BCUT2D eigenvalue weighted by Crippen LogP contribution is 2.21. The number of fused-ring (bicyclic) bond motifs is 1. The van der Waals surface area contributed by atoms with Gasteiger partial charge in [0.1, 0.15) is 11.5 Å². The quantitative estimate of drug-likeness (QED) is 0.458. The number of aromatic nitrogens is 2. The number of nitrogens with one attached hydrogen (secondary N) is 1. The number of para-hydroxylation sites is 1. The van der Waals surface area contributed by atoms with Crippen molar-refractivity contribution in [1.82, 2.24) is 9.55 Å². The van der Waals surface area contributed by atoms with Crippen molar-refractivity contribution < 1.29 is 23.5 Å². The fraction of sp³-hybridized carbons (Fsp3) is 0.0833. The van der Waals surface area contributed by atoms with Gasteiger partial charge < -0.3 is 9.47 Å². The van der Waals surface area contributed by atoms with Gasteiger partial charge >= 0.3 is 12.1 Å². The molecule has 2 heterocycles. The summed E-state index contributed by atoms with van der Waals surface area (Å²) in [4.78, 5) is 41.9. The van der Waals surface area contributed by atoms with Crippen LogP contribution in [0.1, 0.15) is 17.3 Å². The van der Waals surface area contributed by atoms with Gasteiger partial charge in [-0.2, -0.15) is 0 Å². The summed E-state index contributed by atoms with van der Waals surface area (Å²) in [6.07, 6.45) is 1.85. The summed E-state index contributed by atoms with van der Waals surface area (Å²) in [5, 5.41) is 2.67. The maximum atomic E-state index is 13.4. The summed E-state index contributed by atoms with van der Waals surface area (Å²) in [5.74, 6) is -1.30. The molecule has 0 bridgehead atoms. The second kappa shape index (κ2) is 9.31. The van der Waals surface area contributed by atoms with E-state index in [-0.39, 0.29) is 29.0 Å². The number of pyridine rings is 2. The Hall–Kier alpha value is -4.53. The van der Waals surface area contributed by atoms with Crippen LogP contribution >= 0.6 is 0 Å². The average molecular weight is 447 g/mol. The van der Waals surface area contributed by atoms with E-state index in [1.165, 1.54) is 53.4 Å². The van der Waals surface area contributed by atoms with Crippen LogP contribution in [0, 0.1) is 5.82 Å². The molecule has 0 saturated carbocycles. The number of hydrogen-bond acceptors (Lipinski definition) is 6. The topological polar surface area (TPSA) is 99.5 Å². The Kier molecular flexibility index (Phi) is 6.12. The number of anilines is 1. The first kappa shape index (κ1) is 21.7. The lowest BCUT2D eigenvalue weighted by molar-refractivity contribution is 0.0527. The van der Waals surface area contributed by atoms with Crippen LogP contribution in [0.15, 0.2) is 77.9 Å². The number of esters is 1. The Balaban J connectivity index is 1.69. The number of halogens is 1. The molecule has 0 fully saturated rings. The molecular weight excluding hydrogens is 429 g/mol.